The molecule has 0 aliphatic heterocycles. The van der Waals surface area contributed by atoms with Gasteiger partial charge in [0.1, 0.15) is 5.75 Å². The van der Waals surface area contributed by atoms with Gasteiger partial charge in [-0.15, -0.1) is 11.3 Å². The van der Waals surface area contributed by atoms with E-state index >= 15 is 0 Å². The number of thiophene rings is 1. The van der Waals surface area contributed by atoms with Gasteiger partial charge in [-0.2, -0.15) is 0 Å². The summed E-state index contributed by atoms with van der Waals surface area (Å²) in [6.45, 7) is 0. The standard InChI is InChI=1S/C19H22N2O3S/c22-15-8-5-4-6-13(15)10-11-18(23)20-21-19(24)17-12-14-7-2-1-3-9-16(14)25-17/h4-6,8,12,22H,1-3,7,9-11H2,(H,20,23)(H,21,24). The van der Waals surface area contributed by atoms with Gasteiger partial charge in [-0.3, -0.25) is 20.4 Å². The third kappa shape index (κ3) is 4.60. The van der Waals surface area contributed by atoms with Gasteiger partial charge in [0.2, 0.25) is 5.91 Å². The van der Waals surface area contributed by atoms with Crippen LogP contribution < -0.4 is 10.9 Å². The Hall–Kier alpha value is -2.34. The molecule has 2 amide bonds. The molecule has 0 saturated heterocycles. The molecule has 0 bridgehead atoms. The van der Waals surface area contributed by atoms with Crippen LogP contribution >= 0.6 is 11.3 Å². The zero-order valence-corrected chi connectivity index (χ0v) is 14.8. The van der Waals surface area contributed by atoms with Crippen molar-refractivity contribution in [3.8, 4) is 5.75 Å². The fourth-order valence-electron chi connectivity index (χ4n) is 3.00. The Bertz CT molecular complexity index is 746. The number of fused-ring (bicyclic) bond motifs is 1. The van der Waals surface area contributed by atoms with Crippen molar-refractivity contribution in [2.45, 2.75) is 44.9 Å². The number of hydrogen-bond donors (Lipinski definition) is 3. The number of rotatable bonds is 4. The molecule has 0 fully saturated rings. The minimum atomic E-state index is -0.283. The lowest BCUT2D eigenvalue weighted by atomic mass is 10.1. The van der Waals surface area contributed by atoms with E-state index in [2.05, 4.69) is 10.9 Å². The first-order valence-electron chi connectivity index (χ1n) is 8.61. The van der Waals surface area contributed by atoms with Gasteiger partial charge in [0.05, 0.1) is 4.88 Å². The first-order chi connectivity index (χ1) is 12.1. The maximum absolute atomic E-state index is 12.2. The minimum Gasteiger partial charge on any atom is -0.508 e. The molecule has 0 radical (unpaired) electrons. The van der Waals surface area contributed by atoms with Gasteiger partial charge in [0.25, 0.3) is 5.91 Å². The molecule has 132 valence electrons. The SMILES string of the molecule is O=C(CCc1ccccc1O)NNC(=O)c1cc2c(s1)CCCCC2. The van der Waals surface area contributed by atoms with Gasteiger partial charge in [-0.05, 0) is 55.4 Å². The Morgan fingerprint density at radius 2 is 1.88 bits per heavy atom. The quantitative estimate of drug-likeness (QED) is 0.580. The summed E-state index contributed by atoms with van der Waals surface area (Å²) in [4.78, 5) is 26.1. The molecule has 1 heterocycles. The lowest BCUT2D eigenvalue weighted by molar-refractivity contribution is -0.121. The van der Waals surface area contributed by atoms with Crippen LogP contribution in [0.25, 0.3) is 0 Å². The number of phenolic OH excluding ortho intramolecular Hbond substituents is 1. The maximum Gasteiger partial charge on any atom is 0.279 e. The Kier molecular flexibility index (Phi) is 5.71. The van der Waals surface area contributed by atoms with Crippen LogP contribution in [0.4, 0.5) is 0 Å². The highest BCUT2D eigenvalue weighted by atomic mass is 32.1. The Morgan fingerprint density at radius 1 is 1.08 bits per heavy atom. The van der Waals surface area contributed by atoms with E-state index in [0.717, 1.165) is 12.8 Å². The number of aromatic hydroxyl groups is 1. The van der Waals surface area contributed by atoms with Crippen LogP contribution in [0.2, 0.25) is 0 Å². The molecular formula is C19H22N2O3S. The molecule has 1 aromatic heterocycles. The highest BCUT2D eigenvalue weighted by Crippen LogP contribution is 2.28. The molecule has 25 heavy (non-hydrogen) atoms. The van der Waals surface area contributed by atoms with E-state index in [0.29, 0.717) is 16.9 Å². The van der Waals surface area contributed by atoms with Crippen molar-refractivity contribution < 1.29 is 14.7 Å². The second kappa shape index (κ2) is 8.16. The molecule has 2 aromatic rings. The first kappa shape index (κ1) is 17.5. The molecule has 5 nitrogen and oxygen atoms in total. The summed E-state index contributed by atoms with van der Waals surface area (Å²) < 4.78 is 0. The summed E-state index contributed by atoms with van der Waals surface area (Å²) in [6.07, 6.45) is 6.29. The average molecular weight is 358 g/mol. The predicted octanol–water partition coefficient (Wildman–Crippen LogP) is 3.12. The summed E-state index contributed by atoms with van der Waals surface area (Å²) in [5.41, 5.74) is 6.92. The topological polar surface area (TPSA) is 78.4 Å². The highest BCUT2D eigenvalue weighted by Gasteiger charge is 2.16. The minimum absolute atomic E-state index is 0.180. The van der Waals surface area contributed by atoms with Crippen molar-refractivity contribution in [3.63, 3.8) is 0 Å². The average Bonchev–Trinajstić information content (AvgIpc) is 2.90. The van der Waals surface area contributed by atoms with Gasteiger partial charge in [0, 0.05) is 11.3 Å². The van der Waals surface area contributed by atoms with Gasteiger partial charge >= 0.3 is 0 Å². The number of carbonyl (C=O) groups is 2. The molecule has 6 heteroatoms. The lowest BCUT2D eigenvalue weighted by Gasteiger charge is -2.07. The second-order valence-electron chi connectivity index (χ2n) is 6.25. The predicted molar refractivity (Wildman–Crippen MR) is 97.6 cm³/mol. The maximum atomic E-state index is 12.2. The molecule has 1 aliphatic carbocycles. The zero-order valence-electron chi connectivity index (χ0n) is 14.0. The fourth-order valence-corrected chi connectivity index (χ4v) is 4.15. The largest absolute Gasteiger partial charge is 0.508 e. The first-order valence-corrected chi connectivity index (χ1v) is 9.43. The van der Waals surface area contributed by atoms with Crippen LogP contribution in [0.15, 0.2) is 30.3 Å². The molecule has 3 N–H and O–H groups in total. The summed E-state index contributed by atoms with van der Waals surface area (Å²) in [5, 5.41) is 9.69. The molecule has 0 atom stereocenters. The molecule has 0 spiro atoms. The molecule has 1 aromatic carbocycles. The number of para-hydroxylation sites is 1. The zero-order chi connectivity index (χ0) is 17.6. The Balaban J connectivity index is 1.49. The Morgan fingerprint density at radius 3 is 2.72 bits per heavy atom. The van der Waals surface area contributed by atoms with E-state index in [-0.39, 0.29) is 24.0 Å². The monoisotopic (exact) mass is 358 g/mol. The van der Waals surface area contributed by atoms with Crippen molar-refractivity contribution in [2.75, 3.05) is 0 Å². The third-order valence-electron chi connectivity index (χ3n) is 4.40. The van der Waals surface area contributed by atoms with Crippen molar-refractivity contribution in [1.82, 2.24) is 10.9 Å². The number of phenols is 1. The molecule has 0 unspecified atom stereocenters. The van der Waals surface area contributed by atoms with Crippen LogP contribution in [0, 0.1) is 0 Å². The number of hydrogen-bond acceptors (Lipinski definition) is 4. The Labute approximate surface area is 151 Å². The van der Waals surface area contributed by atoms with E-state index in [4.69, 9.17) is 0 Å². The summed E-state index contributed by atoms with van der Waals surface area (Å²) in [5.74, 6) is -0.372. The summed E-state index contributed by atoms with van der Waals surface area (Å²) in [6, 6.07) is 8.88. The van der Waals surface area contributed by atoms with Gasteiger partial charge in [-0.25, -0.2) is 0 Å². The van der Waals surface area contributed by atoms with Crippen molar-refractivity contribution in [2.24, 2.45) is 0 Å². The molecule has 1 aliphatic rings. The van der Waals surface area contributed by atoms with Gasteiger partial charge < -0.3 is 5.11 Å². The van der Waals surface area contributed by atoms with Crippen molar-refractivity contribution >= 4 is 23.2 Å². The third-order valence-corrected chi connectivity index (χ3v) is 5.63. The van der Waals surface area contributed by atoms with Crippen LogP contribution in [-0.2, 0) is 24.1 Å². The number of carbonyl (C=O) groups excluding carboxylic acids is 2. The number of benzene rings is 1. The lowest BCUT2D eigenvalue weighted by Crippen LogP contribution is -2.41. The summed E-state index contributed by atoms with van der Waals surface area (Å²) in [7, 11) is 0. The number of hydrazine groups is 1. The van der Waals surface area contributed by atoms with E-state index < -0.39 is 0 Å². The number of aryl methyl sites for hydroxylation is 3. The van der Waals surface area contributed by atoms with E-state index in [1.165, 1.54) is 41.0 Å². The number of nitrogens with one attached hydrogen (secondary N) is 2. The van der Waals surface area contributed by atoms with Crippen LogP contribution in [0.5, 0.6) is 5.75 Å². The molecular weight excluding hydrogens is 336 g/mol. The van der Waals surface area contributed by atoms with Crippen LogP contribution in [-0.4, -0.2) is 16.9 Å². The highest BCUT2D eigenvalue weighted by molar-refractivity contribution is 7.14. The molecule has 0 saturated carbocycles. The fraction of sp³-hybridized carbons (Fsp3) is 0.368. The van der Waals surface area contributed by atoms with Crippen LogP contribution in [0.3, 0.4) is 0 Å². The van der Waals surface area contributed by atoms with E-state index in [9.17, 15) is 14.7 Å². The van der Waals surface area contributed by atoms with Gasteiger partial charge in [-0.1, -0.05) is 24.6 Å². The number of amides is 2. The summed E-state index contributed by atoms with van der Waals surface area (Å²) >= 11 is 1.52. The van der Waals surface area contributed by atoms with Gasteiger partial charge in [0.15, 0.2) is 0 Å². The van der Waals surface area contributed by atoms with E-state index in [1.807, 2.05) is 12.1 Å². The smallest absolute Gasteiger partial charge is 0.279 e. The van der Waals surface area contributed by atoms with Crippen LogP contribution in [0.1, 0.15) is 51.4 Å². The molecule has 3 rings (SSSR count). The second-order valence-corrected chi connectivity index (χ2v) is 7.39. The van der Waals surface area contributed by atoms with Crippen molar-refractivity contribution in [3.05, 3.63) is 51.2 Å². The van der Waals surface area contributed by atoms with E-state index in [1.54, 1.807) is 18.2 Å². The normalized spacial score (nSPS) is 13.6. The van der Waals surface area contributed by atoms with Crippen molar-refractivity contribution in [1.29, 1.82) is 0 Å².